The van der Waals surface area contributed by atoms with Gasteiger partial charge in [-0.1, -0.05) is 12.1 Å². The summed E-state index contributed by atoms with van der Waals surface area (Å²) >= 11 is 0. The van der Waals surface area contributed by atoms with Crippen LogP contribution in [0.25, 0.3) is 0 Å². The van der Waals surface area contributed by atoms with E-state index in [1.165, 1.54) is 0 Å². The van der Waals surface area contributed by atoms with Gasteiger partial charge in [-0.15, -0.1) is 0 Å². The van der Waals surface area contributed by atoms with Crippen LogP contribution in [0.5, 0.6) is 0 Å². The lowest BCUT2D eigenvalue weighted by Gasteiger charge is -2.22. The quantitative estimate of drug-likeness (QED) is 0.822. The van der Waals surface area contributed by atoms with Gasteiger partial charge in [0.2, 0.25) is 5.91 Å². The molecule has 0 bridgehead atoms. The number of carbonyl (C=O) groups is 2. The summed E-state index contributed by atoms with van der Waals surface area (Å²) in [6.45, 7) is 8.82. The normalized spacial score (nSPS) is 11.0. The first kappa shape index (κ1) is 20.8. The van der Waals surface area contributed by atoms with Gasteiger partial charge >= 0.3 is 6.09 Å². The molecule has 0 unspecified atom stereocenters. The topological polar surface area (TPSA) is 61.9 Å². The SMILES string of the molecule is CCN(Cc1ccc(N(C)C)cc1)C(=O)CCNC(=O)OC(C)(C)C. The lowest BCUT2D eigenvalue weighted by Crippen LogP contribution is -2.36. The summed E-state index contributed by atoms with van der Waals surface area (Å²) in [5, 5.41) is 2.62. The van der Waals surface area contributed by atoms with Gasteiger partial charge in [0.05, 0.1) is 0 Å². The first-order chi connectivity index (χ1) is 11.6. The maximum Gasteiger partial charge on any atom is 0.407 e. The van der Waals surface area contributed by atoms with Gasteiger partial charge in [-0.3, -0.25) is 4.79 Å². The summed E-state index contributed by atoms with van der Waals surface area (Å²) in [6.07, 6.45) is -0.245. The Morgan fingerprint density at radius 1 is 1.12 bits per heavy atom. The number of benzene rings is 1. The second-order valence-electron chi connectivity index (χ2n) is 7.15. The summed E-state index contributed by atoms with van der Waals surface area (Å²) in [5.74, 6) is 0.00949. The third kappa shape index (κ3) is 7.92. The molecular formula is C19H31N3O3. The standard InChI is InChI=1S/C19H31N3O3/c1-7-22(14-15-8-10-16(11-9-15)21(5)6)17(23)12-13-20-18(24)25-19(2,3)4/h8-11H,7,12-14H2,1-6H3,(H,20,24). The summed E-state index contributed by atoms with van der Waals surface area (Å²) in [6, 6.07) is 8.14. The van der Waals surface area contributed by atoms with Crippen molar-refractivity contribution in [1.29, 1.82) is 0 Å². The highest BCUT2D eigenvalue weighted by Gasteiger charge is 2.17. The highest BCUT2D eigenvalue weighted by atomic mass is 16.6. The van der Waals surface area contributed by atoms with E-state index in [4.69, 9.17) is 4.74 Å². The Balaban J connectivity index is 2.47. The Labute approximate surface area is 151 Å². The Hall–Kier alpha value is -2.24. The van der Waals surface area contributed by atoms with Crippen molar-refractivity contribution in [2.45, 2.75) is 46.3 Å². The first-order valence-corrected chi connectivity index (χ1v) is 8.63. The van der Waals surface area contributed by atoms with Crippen molar-refractivity contribution in [3.05, 3.63) is 29.8 Å². The van der Waals surface area contributed by atoms with E-state index >= 15 is 0 Å². The summed E-state index contributed by atoms with van der Waals surface area (Å²) < 4.78 is 5.15. The molecule has 0 aromatic heterocycles. The molecule has 1 aromatic rings. The van der Waals surface area contributed by atoms with E-state index in [0.29, 0.717) is 13.1 Å². The number of nitrogens with zero attached hydrogens (tertiary/aromatic N) is 2. The second-order valence-corrected chi connectivity index (χ2v) is 7.15. The number of anilines is 1. The van der Waals surface area contributed by atoms with Crippen LogP contribution in [0.3, 0.4) is 0 Å². The molecule has 6 heteroatoms. The molecule has 0 spiro atoms. The summed E-state index contributed by atoms with van der Waals surface area (Å²) in [7, 11) is 3.99. The number of rotatable bonds is 7. The molecule has 0 aliphatic heterocycles. The zero-order valence-electron chi connectivity index (χ0n) is 16.3. The highest BCUT2D eigenvalue weighted by molar-refractivity contribution is 5.77. The molecule has 0 atom stereocenters. The molecule has 2 amide bonds. The van der Waals surface area contributed by atoms with E-state index in [9.17, 15) is 9.59 Å². The van der Waals surface area contributed by atoms with Gasteiger partial charge in [-0.2, -0.15) is 0 Å². The molecule has 6 nitrogen and oxygen atoms in total. The molecule has 0 aliphatic rings. The Bertz CT molecular complexity index is 562. The van der Waals surface area contributed by atoms with Crippen LogP contribution in [0.15, 0.2) is 24.3 Å². The van der Waals surface area contributed by atoms with Crippen LogP contribution in [-0.4, -0.2) is 49.7 Å². The summed E-state index contributed by atoms with van der Waals surface area (Å²) in [5.41, 5.74) is 1.67. The van der Waals surface area contributed by atoms with Gasteiger partial charge < -0.3 is 19.9 Å². The third-order valence-electron chi connectivity index (χ3n) is 3.57. The second kappa shape index (κ2) is 9.30. The number of nitrogens with one attached hydrogen (secondary N) is 1. The maximum absolute atomic E-state index is 12.3. The molecule has 1 N–H and O–H groups in total. The fourth-order valence-electron chi connectivity index (χ4n) is 2.24. The van der Waals surface area contributed by atoms with Gasteiger partial charge in [0.1, 0.15) is 5.60 Å². The average molecular weight is 349 g/mol. The number of alkyl carbamates (subject to hydrolysis) is 1. The van der Waals surface area contributed by atoms with Crippen LogP contribution in [0.1, 0.15) is 39.7 Å². The molecule has 0 heterocycles. The highest BCUT2D eigenvalue weighted by Crippen LogP contribution is 2.14. The maximum atomic E-state index is 12.3. The molecule has 0 radical (unpaired) electrons. The van der Waals surface area contributed by atoms with Crippen molar-refractivity contribution in [2.24, 2.45) is 0 Å². The van der Waals surface area contributed by atoms with E-state index in [0.717, 1.165) is 11.3 Å². The molecule has 25 heavy (non-hydrogen) atoms. The number of ether oxygens (including phenoxy) is 1. The smallest absolute Gasteiger partial charge is 0.407 e. The van der Waals surface area contributed by atoms with Crippen molar-refractivity contribution in [1.82, 2.24) is 10.2 Å². The van der Waals surface area contributed by atoms with Gasteiger partial charge in [0.25, 0.3) is 0 Å². The lowest BCUT2D eigenvalue weighted by atomic mass is 10.2. The minimum Gasteiger partial charge on any atom is -0.444 e. The number of amides is 2. The van der Waals surface area contributed by atoms with Crippen molar-refractivity contribution >= 4 is 17.7 Å². The predicted molar refractivity (Wildman–Crippen MR) is 101 cm³/mol. The van der Waals surface area contributed by atoms with Crippen molar-refractivity contribution < 1.29 is 14.3 Å². The summed E-state index contributed by atoms with van der Waals surface area (Å²) in [4.78, 5) is 27.8. The fraction of sp³-hybridized carbons (Fsp3) is 0.579. The zero-order chi connectivity index (χ0) is 19.0. The Morgan fingerprint density at radius 3 is 2.20 bits per heavy atom. The van der Waals surface area contributed by atoms with E-state index in [2.05, 4.69) is 5.32 Å². The third-order valence-corrected chi connectivity index (χ3v) is 3.57. The van der Waals surface area contributed by atoms with E-state index in [1.54, 1.807) is 25.7 Å². The molecular weight excluding hydrogens is 318 g/mol. The largest absolute Gasteiger partial charge is 0.444 e. The first-order valence-electron chi connectivity index (χ1n) is 8.63. The van der Waals surface area contributed by atoms with Crippen LogP contribution >= 0.6 is 0 Å². The molecule has 0 aliphatic carbocycles. The number of carbonyl (C=O) groups excluding carboxylic acids is 2. The number of hydrogen-bond acceptors (Lipinski definition) is 4. The van der Waals surface area contributed by atoms with Gasteiger partial charge in [0.15, 0.2) is 0 Å². The molecule has 140 valence electrons. The van der Waals surface area contributed by atoms with Crippen molar-refractivity contribution in [3.63, 3.8) is 0 Å². The zero-order valence-corrected chi connectivity index (χ0v) is 16.3. The van der Waals surface area contributed by atoms with Crippen molar-refractivity contribution in [2.75, 3.05) is 32.1 Å². The fourth-order valence-corrected chi connectivity index (χ4v) is 2.24. The molecule has 0 fully saturated rings. The van der Waals surface area contributed by atoms with Crippen molar-refractivity contribution in [3.8, 4) is 0 Å². The van der Waals surface area contributed by atoms with E-state index < -0.39 is 11.7 Å². The minimum absolute atomic E-state index is 0.00949. The van der Waals surface area contributed by atoms with Gasteiger partial charge in [-0.25, -0.2) is 4.79 Å². The van der Waals surface area contributed by atoms with Crippen LogP contribution in [0.4, 0.5) is 10.5 Å². The molecule has 1 aromatic carbocycles. The average Bonchev–Trinajstić information content (AvgIpc) is 2.51. The number of hydrogen-bond donors (Lipinski definition) is 1. The predicted octanol–water partition coefficient (Wildman–Crippen LogP) is 3.02. The molecule has 0 saturated heterocycles. The minimum atomic E-state index is -0.539. The van der Waals surface area contributed by atoms with Gasteiger partial charge in [-0.05, 0) is 45.4 Å². The lowest BCUT2D eigenvalue weighted by molar-refractivity contribution is -0.131. The monoisotopic (exact) mass is 349 g/mol. The molecule has 0 saturated carbocycles. The van der Waals surface area contributed by atoms with E-state index in [1.807, 2.05) is 50.2 Å². The van der Waals surface area contributed by atoms with Crippen LogP contribution < -0.4 is 10.2 Å². The Kier molecular flexibility index (Phi) is 7.74. The van der Waals surface area contributed by atoms with Crippen LogP contribution in [-0.2, 0) is 16.1 Å². The molecule has 1 rings (SSSR count). The van der Waals surface area contributed by atoms with Crippen LogP contribution in [0, 0.1) is 0 Å². The van der Waals surface area contributed by atoms with Crippen LogP contribution in [0.2, 0.25) is 0 Å². The van der Waals surface area contributed by atoms with E-state index in [-0.39, 0.29) is 18.9 Å². The Morgan fingerprint density at radius 2 is 1.72 bits per heavy atom. The van der Waals surface area contributed by atoms with Gasteiger partial charge in [0, 0.05) is 45.8 Å².